The van der Waals surface area contributed by atoms with Crippen molar-refractivity contribution in [2.45, 2.75) is 32.6 Å². The lowest BCUT2D eigenvalue weighted by Gasteiger charge is -2.21. The molecule has 1 aromatic rings. The highest BCUT2D eigenvalue weighted by molar-refractivity contribution is 7.18. The first-order chi connectivity index (χ1) is 10.1. The van der Waals surface area contributed by atoms with Gasteiger partial charge in [0.2, 0.25) is 0 Å². The summed E-state index contributed by atoms with van der Waals surface area (Å²) in [5.74, 6) is 0.216. The average Bonchev–Trinajstić information content (AvgIpc) is 3.06. The molecule has 0 aliphatic heterocycles. The molecule has 0 saturated heterocycles. The van der Waals surface area contributed by atoms with E-state index in [2.05, 4.69) is 11.0 Å². The number of thiophene rings is 1. The molecular weight excluding hydrogens is 286 g/mol. The van der Waals surface area contributed by atoms with Crippen LogP contribution >= 0.6 is 11.3 Å². The van der Waals surface area contributed by atoms with Gasteiger partial charge in [0.25, 0.3) is 0 Å². The van der Waals surface area contributed by atoms with E-state index in [4.69, 9.17) is 10.5 Å². The molecule has 1 heterocycles. The van der Waals surface area contributed by atoms with Gasteiger partial charge in [-0.05, 0) is 25.7 Å². The summed E-state index contributed by atoms with van der Waals surface area (Å²) in [6, 6.07) is 2.12. The fraction of sp³-hybridized carbons (Fsp3) is 0.600. The molecule has 114 valence electrons. The molecule has 2 rings (SSSR count). The van der Waals surface area contributed by atoms with E-state index in [1.54, 1.807) is 6.92 Å². The monoisotopic (exact) mass is 307 g/mol. The van der Waals surface area contributed by atoms with E-state index in [9.17, 15) is 10.1 Å². The molecular formula is C15H21N3O2S. The molecule has 1 saturated carbocycles. The maximum Gasteiger partial charge on any atom is 0.350 e. The SMILES string of the molecule is CCOC(=O)c1sc(N(C)CC2CCCC2)c(C#N)c1N. The minimum Gasteiger partial charge on any atom is -0.462 e. The van der Waals surface area contributed by atoms with Crippen LogP contribution in [-0.2, 0) is 4.74 Å². The topological polar surface area (TPSA) is 79.3 Å². The van der Waals surface area contributed by atoms with Crippen molar-refractivity contribution in [2.24, 2.45) is 5.92 Å². The summed E-state index contributed by atoms with van der Waals surface area (Å²) in [5.41, 5.74) is 6.59. The Hall–Kier alpha value is -1.74. The van der Waals surface area contributed by atoms with Crippen LogP contribution in [0, 0.1) is 17.2 Å². The Bertz CT molecular complexity index is 556. The van der Waals surface area contributed by atoms with Gasteiger partial charge in [-0.3, -0.25) is 0 Å². The van der Waals surface area contributed by atoms with Crippen LogP contribution in [0.4, 0.5) is 10.7 Å². The highest BCUT2D eigenvalue weighted by atomic mass is 32.1. The molecule has 21 heavy (non-hydrogen) atoms. The van der Waals surface area contributed by atoms with Crippen LogP contribution in [0.3, 0.4) is 0 Å². The number of anilines is 2. The lowest BCUT2D eigenvalue weighted by Crippen LogP contribution is -2.23. The largest absolute Gasteiger partial charge is 0.462 e. The first-order valence-corrected chi connectivity index (χ1v) is 8.10. The van der Waals surface area contributed by atoms with E-state index < -0.39 is 5.97 Å². The number of ether oxygens (including phenoxy) is 1. The zero-order chi connectivity index (χ0) is 15.4. The summed E-state index contributed by atoms with van der Waals surface area (Å²) in [7, 11) is 1.96. The molecule has 1 fully saturated rings. The van der Waals surface area contributed by atoms with Gasteiger partial charge >= 0.3 is 5.97 Å². The van der Waals surface area contributed by atoms with Crippen molar-refractivity contribution in [1.29, 1.82) is 5.26 Å². The normalized spacial score (nSPS) is 14.9. The lowest BCUT2D eigenvalue weighted by molar-refractivity contribution is 0.0533. The van der Waals surface area contributed by atoms with Crippen molar-refractivity contribution < 1.29 is 9.53 Å². The fourth-order valence-electron chi connectivity index (χ4n) is 2.82. The van der Waals surface area contributed by atoms with E-state index in [0.717, 1.165) is 11.5 Å². The van der Waals surface area contributed by atoms with E-state index in [1.807, 2.05) is 7.05 Å². The maximum absolute atomic E-state index is 11.9. The number of esters is 1. The summed E-state index contributed by atoms with van der Waals surface area (Å²) in [4.78, 5) is 14.3. The summed E-state index contributed by atoms with van der Waals surface area (Å²) in [6.45, 7) is 2.95. The third kappa shape index (κ3) is 3.30. The molecule has 6 heteroatoms. The fourth-order valence-corrected chi connectivity index (χ4v) is 3.86. The number of nitrogens with two attached hydrogens (primary N) is 1. The number of nitrogen functional groups attached to an aromatic ring is 1. The molecule has 2 N–H and O–H groups in total. The molecule has 0 atom stereocenters. The van der Waals surface area contributed by atoms with Crippen molar-refractivity contribution in [3.8, 4) is 6.07 Å². The highest BCUT2D eigenvalue weighted by Crippen LogP contribution is 2.38. The Morgan fingerprint density at radius 2 is 2.19 bits per heavy atom. The van der Waals surface area contributed by atoms with Crippen molar-refractivity contribution >= 4 is 28.0 Å². The van der Waals surface area contributed by atoms with Crippen molar-refractivity contribution in [3.05, 3.63) is 10.4 Å². The predicted octanol–water partition coefficient (Wildman–Crippen LogP) is 3.01. The molecule has 0 aromatic carbocycles. The van der Waals surface area contributed by atoms with Crippen LogP contribution < -0.4 is 10.6 Å². The van der Waals surface area contributed by atoms with Gasteiger partial charge in [-0.2, -0.15) is 5.26 Å². The highest BCUT2D eigenvalue weighted by Gasteiger charge is 2.25. The molecule has 0 unspecified atom stereocenters. The zero-order valence-electron chi connectivity index (χ0n) is 12.5. The average molecular weight is 307 g/mol. The molecule has 0 amide bonds. The Morgan fingerprint density at radius 1 is 1.52 bits per heavy atom. The minimum absolute atomic E-state index is 0.245. The Morgan fingerprint density at radius 3 is 2.76 bits per heavy atom. The number of hydrogen-bond donors (Lipinski definition) is 1. The van der Waals surface area contributed by atoms with Crippen LogP contribution in [0.2, 0.25) is 0 Å². The smallest absolute Gasteiger partial charge is 0.350 e. The van der Waals surface area contributed by atoms with E-state index in [1.165, 1.54) is 37.0 Å². The Balaban J connectivity index is 2.23. The third-order valence-electron chi connectivity index (χ3n) is 3.85. The van der Waals surface area contributed by atoms with Gasteiger partial charge in [0, 0.05) is 13.6 Å². The van der Waals surface area contributed by atoms with Gasteiger partial charge in [0.15, 0.2) is 0 Å². The van der Waals surface area contributed by atoms with E-state index in [-0.39, 0.29) is 5.69 Å². The number of nitrogens with zero attached hydrogens (tertiary/aromatic N) is 2. The minimum atomic E-state index is -0.447. The second kappa shape index (κ2) is 6.81. The Kier molecular flexibility index (Phi) is 5.07. The van der Waals surface area contributed by atoms with Gasteiger partial charge in [-0.25, -0.2) is 4.79 Å². The number of carbonyl (C=O) groups is 1. The molecule has 0 spiro atoms. The van der Waals surface area contributed by atoms with Gasteiger partial charge in [-0.1, -0.05) is 12.8 Å². The molecule has 1 aromatic heterocycles. The van der Waals surface area contributed by atoms with Gasteiger partial charge < -0.3 is 15.4 Å². The first-order valence-electron chi connectivity index (χ1n) is 7.29. The zero-order valence-corrected chi connectivity index (χ0v) is 13.3. The van der Waals surface area contributed by atoms with Crippen molar-refractivity contribution in [2.75, 3.05) is 30.8 Å². The molecule has 1 aliphatic carbocycles. The van der Waals surface area contributed by atoms with Crippen LogP contribution in [0.1, 0.15) is 47.8 Å². The van der Waals surface area contributed by atoms with Crippen molar-refractivity contribution in [3.63, 3.8) is 0 Å². The molecule has 1 aliphatic rings. The second-order valence-corrected chi connectivity index (χ2v) is 6.39. The molecule has 0 bridgehead atoms. The summed E-state index contributed by atoms with van der Waals surface area (Å²) < 4.78 is 5.00. The maximum atomic E-state index is 11.9. The lowest BCUT2D eigenvalue weighted by atomic mass is 10.1. The quantitative estimate of drug-likeness (QED) is 0.846. The predicted molar refractivity (Wildman–Crippen MR) is 84.6 cm³/mol. The van der Waals surface area contributed by atoms with Crippen LogP contribution in [-0.4, -0.2) is 26.2 Å². The number of rotatable bonds is 5. The number of carbonyl (C=O) groups excluding carboxylic acids is 1. The Labute approximate surface area is 129 Å². The number of hydrogen-bond acceptors (Lipinski definition) is 6. The summed E-state index contributed by atoms with van der Waals surface area (Å²) in [5, 5.41) is 10.1. The second-order valence-electron chi connectivity index (χ2n) is 5.39. The van der Waals surface area contributed by atoms with Gasteiger partial charge in [0.1, 0.15) is 21.5 Å². The first kappa shape index (κ1) is 15.6. The van der Waals surface area contributed by atoms with Crippen molar-refractivity contribution in [1.82, 2.24) is 0 Å². The third-order valence-corrected chi connectivity index (χ3v) is 5.15. The standard InChI is InChI=1S/C15H21N3O2S/c1-3-20-15(19)13-12(17)11(8-16)14(21-13)18(2)9-10-6-4-5-7-10/h10H,3-7,9,17H2,1-2H3. The molecule has 0 radical (unpaired) electrons. The number of nitriles is 1. The van der Waals surface area contributed by atoms with E-state index >= 15 is 0 Å². The molecule has 5 nitrogen and oxygen atoms in total. The van der Waals surface area contributed by atoms with Gasteiger partial charge in [0.05, 0.1) is 12.3 Å². The van der Waals surface area contributed by atoms with Crippen LogP contribution in [0.5, 0.6) is 0 Å². The van der Waals surface area contributed by atoms with E-state index in [0.29, 0.717) is 23.0 Å². The van der Waals surface area contributed by atoms with Gasteiger partial charge in [-0.15, -0.1) is 11.3 Å². The van der Waals surface area contributed by atoms with Crippen LogP contribution in [0.15, 0.2) is 0 Å². The van der Waals surface area contributed by atoms with Crippen LogP contribution in [0.25, 0.3) is 0 Å². The summed E-state index contributed by atoms with van der Waals surface area (Å²) >= 11 is 1.25. The summed E-state index contributed by atoms with van der Waals surface area (Å²) in [6.07, 6.45) is 5.03.